The number of carbonyl (C=O) groups excluding carboxylic acids is 2. The standard InChI is InChI=1S/C25H39FN2O6/c1-18(2)10-15-34-23-16-28(19(3)29)13-12-27(25(32)20-8-4-5-9-21(20)26)11-6-7-14-33-17-22(30)24(23)31/h4-5,8-9,18,22-24,30-31H,6-7,10-17H2,1-3H3/t22-,23-,24-/m1/s1. The van der Waals surface area contributed by atoms with Crippen LogP contribution in [-0.2, 0) is 14.3 Å². The number of hydrogen-bond donors (Lipinski definition) is 2. The quantitative estimate of drug-likeness (QED) is 0.667. The largest absolute Gasteiger partial charge is 0.388 e. The van der Waals surface area contributed by atoms with Crippen LogP contribution in [0.25, 0.3) is 0 Å². The maximum absolute atomic E-state index is 14.3. The zero-order valence-electron chi connectivity index (χ0n) is 20.5. The minimum absolute atomic E-state index is 0.0114. The van der Waals surface area contributed by atoms with E-state index in [0.717, 1.165) is 6.42 Å². The molecule has 0 unspecified atom stereocenters. The summed E-state index contributed by atoms with van der Waals surface area (Å²) in [6.07, 6.45) is -1.22. The van der Waals surface area contributed by atoms with Gasteiger partial charge in [0.05, 0.1) is 12.2 Å². The van der Waals surface area contributed by atoms with Crippen molar-refractivity contribution in [3.05, 3.63) is 35.6 Å². The summed E-state index contributed by atoms with van der Waals surface area (Å²) >= 11 is 0. The van der Waals surface area contributed by atoms with Gasteiger partial charge in [0.2, 0.25) is 5.91 Å². The Kier molecular flexibility index (Phi) is 11.9. The summed E-state index contributed by atoms with van der Waals surface area (Å²) in [7, 11) is 0. The van der Waals surface area contributed by atoms with Gasteiger partial charge in [0.25, 0.3) is 5.91 Å². The molecule has 2 N–H and O–H groups in total. The first-order valence-corrected chi connectivity index (χ1v) is 12.1. The number of carbonyl (C=O) groups is 2. The number of rotatable bonds is 5. The van der Waals surface area contributed by atoms with E-state index in [-0.39, 0.29) is 37.7 Å². The van der Waals surface area contributed by atoms with Crippen molar-refractivity contribution in [1.29, 1.82) is 0 Å². The SMILES string of the molecule is CC(=O)N1CCN(C(=O)c2ccccc2F)CCCCOC[C@@H](O)[C@@H](O)[C@H](OCCC(C)C)C1. The van der Waals surface area contributed by atoms with E-state index in [0.29, 0.717) is 38.5 Å². The number of hydrogen-bond acceptors (Lipinski definition) is 6. The monoisotopic (exact) mass is 482 g/mol. The molecule has 0 aromatic heterocycles. The van der Waals surface area contributed by atoms with Crippen LogP contribution in [0.15, 0.2) is 24.3 Å². The highest BCUT2D eigenvalue weighted by Crippen LogP contribution is 2.14. The second-order valence-electron chi connectivity index (χ2n) is 9.17. The maximum atomic E-state index is 14.3. The Hall–Kier alpha value is -2.07. The normalized spacial score (nSPS) is 23.6. The molecule has 1 fully saturated rings. The molecular weight excluding hydrogens is 443 g/mol. The van der Waals surface area contributed by atoms with Crippen molar-refractivity contribution in [2.45, 2.75) is 58.3 Å². The smallest absolute Gasteiger partial charge is 0.256 e. The average molecular weight is 483 g/mol. The van der Waals surface area contributed by atoms with Gasteiger partial charge < -0.3 is 29.5 Å². The van der Waals surface area contributed by atoms with Gasteiger partial charge in [-0.25, -0.2) is 4.39 Å². The molecule has 34 heavy (non-hydrogen) atoms. The van der Waals surface area contributed by atoms with Crippen LogP contribution in [0, 0.1) is 11.7 Å². The Morgan fingerprint density at radius 3 is 2.53 bits per heavy atom. The Bertz CT molecular complexity index is 778. The summed E-state index contributed by atoms with van der Waals surface area (Å²) in [5.41, 5.74) is -0.0114. The molecule has 1 saturated heterocycles. The molecule has 9 heteroatoms. The van der Waals surface area contributed by atoms with Gasteiger partial charge in [0, 0.05) is 46.3 Å². The van der Waals surface area contributed by atoms with Crippen molar-refractivity contribution in [1.82, 2.24) is 9.80 Å². The van der Waals surface area contributed by atoms with Crippen molar-refractivity contribution >= 4 is 11.8 Å². The van der Waals surface area contributed by atoms with E-state index in [1.165, 1.54) is 30.0 Å². The first-order chi connectivity index (χ1) is 16.2. The molecule has 1 aliphatic rings. The highest BCUT2D eigenvalue weighted by Gasteiger charge is 2.31. The summed E-state index contributed by atoms with van der Waals surface area (Å²) in [4.78, 5) is 28.5. The molecule has 8 nitrogen and oxygen atoms in total. The van der Waals surface area contributed by atoms with Gasteiger partial charge in [-0.05, 0) is 37.3 Å². The van der Waals surface area contributed by atoms with Crippen molar-refractivity contribution < 1.29 is 33.7 Å². The van der Waals surface area contributed by atoms with E-state index in [1.54, 1.807) is 11.0 Å². The van der Waals surface area contributed by atoms with Crippen molar-refractivity contribution in [2.75, 3.05) is 46.0 Å². The number of aliphatic hydroxyl groups is 2. The van der Waals surface area contributed by atoms with Crippen molar-refractivity contribution in [2.24, 2.45) is 5.92 Å². The lowest BCUT2D eigenvalue weighted by Crippen LogP contribution is -2.50. The molecular formula is C25H39FN2O6. The van der Waals surface area contributed by atoms with Crippen molar-refractivity contribution in [3.8, 4) is 0 Å². The highest BCUT2D eigenvalue weighted by atomic mass is 19.1. The molecule has 2 amide bonds. The molecule has 3 atom stereocenters. The summed E-state index contributed by atoms with van der Waals surface area (Å²) in [6.45, 7) is 6.99. The summed E-state index contributed by atoms with van der Waals surface area (Å²) in [5, 5.41) is 21.1. The van der Waals surface area contributed by atoms with E-state index in [2.05, 4.69) is 13.8 Å². The van der Waals surface area contributed by atoms with Gasteiger partial charge in [-0.1, -0.05) is 26.0 Å². The lowest BCUT2D eigenvalue weighted by atomic mass is 10.1. The number of benzene rings is 1. The Labute approximate surface area is 201 Å². The molecule has 0 saturated carbocycles. The van der Waals surface area contributed by atoms with Crippen LogP contribution >= 0.6 is 0 Å². The molecule has 0 spiro atoms. The van der Waals surface area contributed by atoms with Crippen LogP contribution in [0.2, 0.25) is 0 Å². The number of nitrogens with zero attached hydrogens (tertiary/aromatic N) is 2. The zero-order chi connectivity index (χ0) is 25.1. The fourth-order valence-corrected chi connectivity index (χ4v) is 3.73. The lowest BCUT2D eigenvalue weighted by Gasteiger charge is -2.33. The number of ether oxygens (including phenoxy) is 2. The van der Waals surface area contributed by atoms with E-state index < -0.39 is 30.0 Å². The third-order valence-corrected chi connectivity index (χ3v) is 5.93. The second-order valence-corrected chi connectivity index (χ2v) is 9.17. The average Bonchev–Trinajstić information content (AvgIpc) is 2.79. The Balaban J connectivity index is 2.20. The first-order valence-electron chi connectivity index (χ1n) is 12.1. The van der Waals surface area contributed by atoms with E-state index in [9.17, 15) is 24.2 Å². The fourth-order valence-electron chi connectivity index (χ4n) is 3.73. The molecule has 192 valence electrons. The maximum Gasteiger partial charge on any atom is 0.256 e. The summed E-state index contributed by atoms with van der Waals surface area (Å²) in [5.74, 6) is -0.879. The van der Waals surface area contributed by atoms with Gasteiger partial charge in [-0.15, -0.1) is 0 Å². The van der Waals surface area contributed by atoms with Gasteiger partial charge in [-0.3, -0.25) is 9.59 Å². The second kappa shape index (κ2) is 14.4. The van der Waals surface area contributed by atoms with Crippen LogP contribution in [0.4, 0.5) is 4.39 Å². The van der Waals surface area contributed by atoms with Crippen molar-refractivity contribution in [3.63, 3.8) is 0 Å². The molecule has 2 rings (SSSR count). The molecule has 1 aromatic carbocycles. The van der Waals surface area contributed by atoms with Crippen LogP contribution in [0.3, 0.4) is 0 Å². The summed E-state index contributed by atoms with van der Waals surface area (Å²) < 4.78 is 25.7. The lowest BCUT2D eigenvalue weighted by molar-refractivity contribution is -0.140. The topological polar surface area (TPSA) is 99.5 Å². The van der Waals surface area contributed by atoms with Crippen LogP contribution in [0.5, 0.6) is 0 Å². The van der Waals surface area contributed by atoms with E-state index in [4.69, 9.17) is 9.47 Å². The van der Waals surface area contributed by atoms with E-state index in [1.807, 2.05) is 0 Å². The minimum Gasteiger partial charge on any atom is -0.388 e. The van der Waals surface area contributed by atoms with Gasteiger partial charge >= 0.3 is 0 Å². The van der Waals surface area contributed by atoms with Crippen LogP contribution < -0.4 is 0 Å². The van der Waals surface area contributed by atoms with Gasteiger partial charge in [-0.2, -0.15) is 0 Å². The third kappa shape index (κ3) is 8.94. The zero-order valence-corrected chi connectivity index (χ0v) is 20.5. The van der Waals surface area contributed by atoms with E-state index >= 15 is 0 Å². The third-order valence-electron chi connectivity index (χ3n) is 5.93. The molecule has 1 aliphatic heterocycles. The van der Waals surface area contributed by atoms with Crippen LogP contribution in [-0.4, -0.2) is 96.1 Å². The minimum atomic E-state index is -1.24. The number of halogens is 1. The van der Waals surface area contributed by atoms with Gasteiger partial charge in [0.1, 0.15) is 24.1 Å². The van der Waals surface area contributed by atoms with Gasteiger partial charge in [0.15, 0.2) is 0 Å². The Morgan fingerprint density at radius 1 is 1.15 bits per heavy atom. The molecule has 0 aliphatic carbocycles. The highest BCUT2D eigenvalue weighted by molar-refractivity contribution is 5.94. The predicted octanol–water partition coefficient (Wildman–Crippen LogP) is 2.08. The number of amides is 2. The molecule has 1 aromatic rings. The first kappa shape index (κ1) is 28.2. The fraction of sp³-hybridized carbons (Fsp3) is 0.680. The molecule has 1 heterocycles. The number of aliphatic hydroxyl groups excluding tert-OH is 2. The Morgan fingerprint density at radius 2 is 1.85 bits per heavy atom. The molecule has 0 bridgehead atoms. The predicted molar refractivity (Wildman–Crippen MR) is 126 cm³/mol. The summed E-state index contributed by atoms with van der Waals surface area (Å²) in [6, 6.07) is 5.84. The van der Waals surface area contributed by atoms with Crippen LogP contribution in [0.1, 0.15) is 50.4 Å². The molecule has 0 radical (unpaired) electrons.